The molecule has 17 heavy (non-hydrogen) atoms. The highest BCUT2D eigenvalue weighted by Gasteiger charge is 2.42. The topological polar surface area (TPSA) is 49.3 Å². The van der Waals surface area contributed by atoms with E-state index in [1.807, 2.05) is 39.0 Å². The Labute approximate surface area is 102 Å². The normalized spacial score (nSPS) is 19.1. The van der Waals surface area contributed by atoms with E-state index in [4.69, 9.17) is 0 Å². The summed E-state index contributed by atoms with van der Waals surface area (Å²) in [5.41, 5.74) is 1.87. The molecule has 1 aliphatic rings. The molecule has 1 unspecified atom stereocenters. The first-order valence-electron chi connectivity index (χ1n) is 6.16. The van der Waals surface area contributed by atoms with Crippen LogP contribution in [0.2, 0.25) is 0 Å². The number of hydrogen-bond acceptors (Lipinski definition) is 2. The number of aliphatic hydroxyl groups is 1. The number of benzene rings is 1. The van der Waals surface area contributed by atoms with Gasteiger partial charge in [-0.2, -0.15) is 0 Å². The highest BCUT2D eigenvalue weighted by Crippen LogP contribution is 2.38. The van der Waals surface area contributed by atoms with Gasteiger partial charge in [0.15, 0.2) is 0 Å². The Hall–Kier alpha value is -1.35. The Bertz CT molecular complexity index is 450. The predicted octanol–water partition coefficient (Wildman–Crippen LogP) is 2.33. The fourth-order valence-corrected chi connectivity index (χ4v) is 2.60. The van der Waals surface area contributed by atoms with Crippen molar-refractivity contribution in [3.8, 4) is 0 Å². The van der Waals surface area contributed by atoms with Gasteiger partial charge in [-0.25, -0.2) is 0 Å². The van der Waals surface area contributed by atoms with Crippen LogP contribution in [0.4, 0.5) is 0 Å². The third-order valence-electron chi connectivity index (χ3n) is 3.89. The van der Waals surface area contributed by atoms with Gasteiger partial charge in [0.05, 0.1) is 11.6 Å². The van der Waals surface area contributed by atoms with Crippen molar-refractivity contribution in [1.29, 1.82) is 0 Å². The van der Waals surface area contributed by atoms with E-state index in [1.165, 1.54) is 0 Å². The standard InChI is InChI=1S/C14H19NO2/c1-4-14(17,5-2)12-11-9(3)7-6-8-10(11)13(16)15-12/h6-8,12,17H,4-5H2,1-3H3,(H,15,16). The third-order valence-corrected chi connectivity index (χ3v) is 3.89. The molecule has 1 heterocycles. The van der Waals surface area contributed by atoms with Crippen LogP contribution in [0.25, 0.3) is 0 Å². The maximum atomic E-state index is 11.9. The van der Waals surface area contributed by atoms with E-state index < -0.39 is 5.60 Å². The number of nitrogens with one attached hydrogen (secondary N) is 1. The number of rotatable bonds is 3. The van der Waals surface area contributed by atoms with Crippen molar-refractivity contribution in [2.45, 2.75) is 45.3 Å². The smallest absolute Gasteiger partial charge is 0.252 e. The van der Waals surface area contributed by atoms with E-state index in [9.17, 15) is 9.90 Å². The Morgan fingerprint density at radius 3 is 2.59 bits per heavy atom. The molecule has 92 valence electrons. The summed E-state index contributed by atoms with van der Waals surface area (Å²) in [5.74, 6) is -0.0750. The van der Waals surface area contributed by atoms with Crippen LogP contribution < -0.4 is 5.32 Å². The van der Waals surface area contributed by atoms with Crippen LogP contribution in [0.1, 0.15) is 54.2 Å². The van der Waals surface area contributed by atoms with Gasteiger partial charge < -0.3 is 10.4 Å². The zero-order valence-corrected chi connectivity index (χ0v) is 10.6. The molecule has 0 aliphatic carbocycles. The summed E-state index contributed by atoms with van der Waals surface area (Å²) in [4.78, 5) is 11.9. The molecule has 1 atom stereocenters. The average Bonchev–Trinajstić information content (AvgIpc) is 2.68. The summed E-state index contributed by atoms with van der Waals surface area (Å²) >= 11 is 0. The van der Waals surface area contributed by atoms with Gasteiger partial charge in [-0.15, -0.1) is 0 Å². The fourth-order valence-electron chi connectivity index (χ4n) is 2.60. The first-order valence-corrected chi connectivity index (χ1v) is 6.16. The maximum absolute atomic E-state index is 11.9. The van der Waals surface area contributed by atoms with Gasteiger partial charge in [0, 0.05) is 5.56 Å². The highest BCUT2D eigenvalue weighted by atomic mass is 16.3. The monoisotopic (exact) mass is 233 g/mol. The fraction of sp³-hybridized carbons (Fsp3) is 0.500. The molecule has 1 aromatic rings. The van der Waals surface area contributed by atoms with E-state index in [-0.39, 0.29) is 11.9 Å². The average molecular weight is 233 g/mol. The Morgan fingerprint density at radius 2 is 2.00 bits per heavy atom. The van der Waals surface area contributed by atoms with Crippen LogP contribution >= 0.6 is 0 Å². The molecular formula is C14H19NO2. The summed E-state index contributed by atoms with van der Waals surface area (Å²) < 4.78 is 0. The molecule has 2 rings (SSSR count). The van der Waals surface area contributed by atoms with Gasteiger partial charge in [-0.1, -0.05) is 26.0 Å². The van der Waals surface area contributed by atoms with E-state index in [1.54, 1.807) is 0 Å². The lowest BCUT2D eigenvalue weighted by molar-refractivity contribution is -0.00293. The summed E-state index contributed by atoms with van der Waals surface area (Å²) in [6.07, 6.45) is 1.25. The molecule has 0 aromatic heterocycles. The minimum Gasteiger partial charge on any atom is -0.387 e. The molecule has 0 saturated heterocycles. The van der Waals surface area contributed by atoms with Crippen molar-refractivity contribution in [2.75, 3.05) is 0 Å². The van der Waals surface area contributed by atoms with Crippen molar-refractivity contribution in [1.82, 2.24) is 5.32 Å². The van der Waals surface area contributed by atoms with Crippen molar-refractivity contribution in [3.63, 3.8) is 0 Å². The van der Waals surface area contributed by atoms with Crippen LogP contribution in [0.3, 0.4) is 0 Å². The minimum absolute atomic E-state index is 0.0750. The molecule has 3 heteroatoms. The zero-order chi connectivity index (χ0) is 12.6. The van der Waals surface area contributed by atoms with Crippen LogP contribution in [-0.2, 0) is 0 Å². The predicted molar refractivity (Wildman–Crippen MR) is 66.9 cm³/mol. The van der Waals surface area contributed by atoms with E-state index in [0.717, 1.165) is 11.1 Å². The highest BCUT2D eigenvalue weighted by molar-refractivity contribution is 5.99. The minimum atomic E-state index is -0.854. The summed E-state index contributed by atoms with van der Waals surface area (Å²) in [7, 11) is 0. The van der Waals surface area contributed by atoms with Crippen LogP contribution in [-0.4, -0.2) is 16.6 Å². The number of amides is 1. The van der Waals surface area contributed by atoms with Crippen LogP contribution in [0, 0.1) is 6.92 Å². The summed E-state index contributed by atoms with van der Waals surface area (Å²) in [6.45, 7) is 5.88. The third kappa shape index (κ3) is 1.75. The zero-order valence-electron chi connectivity index (χ0n) is 10.6. The Kier molecular flexibility index (Phi) is 2.96. The van der Waals surface area contributed by atoms with Crippen molar-refractivity contribution in [3.05, 3.63) is 34.9 Å². The molecule has 3 nitrogen and oxygen atoms in total. The number of carbonyl (C=O) groups excluding carboxylic acids is 1. The molecule has 0 radical (unpaired) electrons. The number of hydrogen-bond donors (Lipinski definition) is 2. The molecule has 1 aromatic carbocycles. The van der Waals surface area contributed by atoms with E-state index in [0.29, 0.717) is 18.4 Å². The second-order valence-corrected chi connectivity index (χ2v) is 4.75. The number of carbonyl (C=O) groups is 1. The largest absolute Gasteiger partial charge is 0.387 e. The van der Waals surface area contributed by atoms with E-state index >= 15 is 0 Å². The van der Waals surface area contributed by atoms with Gasteiger partial charge in [0.1, 0.15) is 0 Å². The molecule has 1 aliphatic heterocycles. The Balaban J connectivity index is 2.53. The second-order valence-electron chi connectivity index (χ2n) is 4.75. The molecule has 2 N–H and O–H groups in total. The quantitative estimate of drug-likeness (QED) is 0.841. The number of fused-ring (bicyclic) bond motifs is 1. The van der Waals surface area contributed by atoms with Gasteiger partial charge in [0.25, 0.3) is 5.91 Å². The molecule has 0 saturated carbocycles. The molecule has 0 fully saturated rings. The Morgan fingerprint density at radius 1 is 1.35 bits per heavy atom. The van der Waals surface area contributed by atoms with Crippen LogP contribution in [0.5, 0.6) is 0 Å². The van der Waals surface area contributed by atoms with Gasteiger partial charge >= 0.3 is 0 Å². The number of aryl methyl sites for hydroxylation is 1. The second kappa shape index (κ2) is 4.15. The lowest BCUT2D eigenvalue weighted by Gasteiger charge is -2.33. The molecule has 0 bridgehead atoms. The maximum Gasteiger partial charge on any atom is 0.252 e. The molecule has 0 spiro atoms. The SMILES string of the molecule is CCC(O)(CC)C1NC(=O)c2cccc(C)c21. The van der Waals surface area contributed by atoms with Crippen molar-refractivity contribution >= 4 is 5.91 Å². The first kappa shape index (κ1) is 12.1. The van der Waals surface area contributed by atoms with Crippen molar-refractivity contribution in [2.24, 2.45) is 0 Å². The van der Waals surface area contributed by atoms with Gasteiger partial charge in [-0.05, 0) is 37.0 Å². The lowest BCUT2D eigenvalue weighted by Crippen LogP contribution is -2.41. The summed E-state index contributed by atoms with van der Waals surface area (Å²) in [5, 5.41) is 13.5. The van der Waals surface area contributed by atoms with Crippen LogP contribution in [0.15, 0.2) is 18.2 Å². The lowest BCUT2D eigenvalue weighted by atomic mass is 9.83. The first-order chi connectivity index (χ1) is 8.03. The summed E-state index contributed by atoms with van der Waals surface area (Å²) in [6, 6.07) is 5.41. The molecule has 1 amide bonds. The van der Waals surface area contributed by atoms with Gasteiger partial charge in [0.2, 0.25) is 0 Å². The van der Waals surface area contributed by atoms with E-state index in [2.05, 4.69) is 5.32 Å². The molecular weight excluding hydrogens is 214 g/mol. The van der Waals surface area contributed by atoms with Gasteiger partial charge in [-0.3, -0.25) is 4.79 Å². The van der Waals surface area contributed by atoms with Crippen molar-refractivity contribution < 1.29 is 9.90 Å².